The molecular weight excluding hydrogens is 388 g/mol. The van der Waals surface area contributed by atoms with Gasteiger partial charge in [-0.2, -0.15) is 0 Å². The summed E-state index contributed by atoms with van der Waals surface area (Å²) >= 11 is 0. The molecule has 160 valence electrons. The third-order valence-corrected chi connectivity index (χ3v) is 6.22. The number of benzene rings is 1. The van der Waals surface area contributed by atoms with E-state index in [0.717, 1.165) is 60.3 Å². The summed E-state index contributed by atoms with van der Waals surface area (Å²) in [5.74, 6) is 1.35. The van der Waals surface area contributed by atoms with Crippen LogP contribution < -0.4 is 11.1 Å². The minimum absolute atomic E-state index is 0.401. The average Bonchev–Trinajstić information content (AvgIpc) is 3.19. The van der Waals surface area contributed by atoms with Gasteiger partial charge in [0.1, 0.15) is 17.7 Å². The number of hydrogen-bond acceptors (Lipinski definition) is 7. The van der Waals surface area contributed by atoms with Crippen molar-refractivity contribution in [2.24, 2.45) is 0 Å². The third kappa shape index (κ3) is 3.79. The van der Waals surface area contributed by atoms with Crippen LogP contribution in [0.4, 0.5) is 11.6 Å². The molecule has 0 aliphatic carbocycles. The van der Waals surface area contributed by atoms with Crippen LogP contribution in [0.15, 0.2) is 36.9 Å². The van der Waals surface area contributed by atoms with E-state index in [2.05, 4.69) is 63.4 Å². The zero-order valence-electron chi connectivity index (χ0n) is 18.0. The van der Waals surface area contributed by atoms with E-state index in [1.165, 1.54) is 11.9 Å². The maximum Gasteiger partial charge on any atom is 0.165 e. The summed E-state index contributed by atoms with van der Waals surface area (Å²) in [6, 6.07) is 9.08. The van der Waals surface area contributed by atoms with Crippen LogP contribution in [-0.2, 0) is 13.0 Å². The second kappa shape index (κ2) is 8.11. The Kier molecular flexibility index (Phi) is 5.15. The van der Waals surface area contributed by atoms with Crippen molar-refractivity contribution in [2.75, 3.05) is 31.2 Å². The number of aromatic nitrogens is 5. The number of pyridine rings is 1. The molecule has 1 aromatic carbocycles. The van der Waals surface area contributed by atoms with Crippen molar-refractivity contribution < 1.29 is 0 Å². The van der Waals surface area contributed by atoms with Gasteiger partial charge >= 0.3 is 0 Å². The Balaban J connectivity index is 1.56. The standard InChI is InChI=1S/C23H28N8/c1-3-15-5-4-6-16-11-17(12-31-14-27-20-21(24)25-13-26-23(20)31)22(29-19(15)16)28-18-7-9-30(2)10-8-18/h4-6,11,13-14,18H,3,7-10,12H2,1-2H3,(H,28,29)(H2,24,25,26). The number of nitrogens with two attached hydrogens (primary N) is 1. The largest absolute Gasteiger partial charge is 0.382 e. The molecule has 31 heavy (non-hydrogen) atoms. The smallest absolute Gasteiger partial charge is 0.165 e. The van der Waals surface area contributed by atoms with Gasteiger partial charge in [-0.3, -0.25) is 0 Å². The number of piperidine rings is 1. The summed E-state index contributed by atoms with van der Waals surface area (Å²) in [6.07, 6.45) is 6.45. The molecule has 8 heteroatoms. The highest BCUT2D eigenvalue weighted by Crippen LogP contribution is 2.27. The molecule has 0 spiro atoms. The summed E-state index contributed by atoms with van der Waals surface area (Å²) in [5, 5.41) is 4.91. The van der Waals surface area contributed by atoms with E-state index in [4.69, 9.17) is 10.7 Å². The maximum absolute atomic E-state index is 5.98. The lowest BCUT2D eigenvalue weighted by atomic mass is 10.0. The first-order valence-corrected chi connectivity index (χ1v) is 10.9. The number of anilines is 2. The van der Waals surface area contributed by atoms with Crippen LogP contribution in [0.2, 0.25) is 0 Å². The zero-order valence-corrected chi connectivity index (χ0v) is 18.0. The SMILES string of the molecule is CCc1cccc2cc(Cn3cnc4c(N)ncnc43)c(NC3CCN(C)CC3)nc12. The van der Waals surface area contributed by atoms with Crippen molar-refractivity contribution >= 4 is 33.7 Å². The number of hydrogen-bond donors (Lipinski definition) is 2. The monoisotopic (exact) mass is 416 g/mol. The molecule has 5 rings (SSSR count). The number of rotatable bonds is 5. The first-order chi connectivity index (χ1) is 15.1. The van der Waals surface area contributed by atoms with Gasteiger partial charge in [0, 0.05) is 17.0 Å². The van der Waals surface area contributed by atoms with Crippen molar-refractivity contribution in [1.82, 2.24) is 29.4 Å². The number of para-hydroxylation sites is 1. The van der Waals surface area contributed by atoms with Gasteiger partial charge in [0.15, 0.2) is 11.5 Å². The topological polar surface area (TPSA) is 97.8 Å². The van der Waals surface area contributed by atoms with Gasteiger partial charge in [-0.15, -0.1) is 0 Å². The highest BCUT2D eigenvalue weighted by Gasteiger charge is 2.20. The number of nitrogens with zero attached hydrogens (tertiary/aromatic N) is 6. The first-order valence-electron chi connectivity index (χ1n) is 10.9. The van der Waals surface area contributed by atoms with Gasteiger partial charge in [-0.1, -0.05) is 25.1 Å². The summed E-state index contributed by atoms with van der Waals surface area (Å²) in [4.78, 5) is 20.4. The normalized spacial score (nSPS) is 15.7. The van der Waals surface area contributed by atoms with Crippen LogP contribution in [0.5, 0.6) is 0 Å². The van der Waals surface area contributed by atoms with Crippen molar-refractivity contribution in [2.45, 2.75) is 38.8 Å². The second-order valence-electron chi connectivity index (χ2n) is 8.36. The van der Waals surface area contributed by atoms with Gasteiger partial charge in [0.05, 0.1) is 18.4 Å². The lowest BCUT2D eigenvalue weighted by Crippen LogP contribution is -2.37. The van der Waals surface area contributed by atoms with Crippen molar-refractivity contribution in [1.29, 1.82) is 0 Å². The molecule has 1 saturated heterocycles. The fourth-order valence-electron chi connectivity index (χ4n) is 4.38. The summed E-state index contributed by atoms with van der Waals surface area (Å²) < 4.78 is 2.01. The molecule has 3 N–H and O–H groups in total. The molecule has 0 unspecified atom stereocenters. The van der Waals surface area contributed by atoms with E-state index < -0.39 is 0 Å². The highest BCUT2D eigenvalue weighted by molar-refractivity contribution is 5.85. The molecular formula is C23H28N8. The molecule has 1 aliphatic heterocycles. The van der Waals surface area contributed by atoms with E-state index >= 15 is 0 Å². The van der Waals surface area contributed by atoms with Gasteiger partial charge in [0.25, 0.3) is 0 Å². The molecule has 4 aromatic rings. The van der Waals surface area contributed by atoms with Crippen molar-refractivity contribution in [3.8, 4) is 0 Å². The Bertz CT molecular complexity index is 1220. The maximum atomic E-state index is 5.98. The fraction of sp³-hybridized carbons (Fsp3) is 0.391. The zero-order chi connectivity index (χ0) is 21.4. The molecule has 0 amide bonds. The third-order valence-electron chi connectivity index (χ3n) is 6.22. The summed E-state index contributed by atoms with van der Waals surface area (Å²) in [7, 11) is 2.18. The predicted molar refractivity (Wildman–Crippen MR) is 124 cm³/mol. The van der Waals surface area contributed by atoms with E-state index in [-0.39, 0.29) is 0 Å². The first kappa shape index (κ1) is 19.7. The van der Waals surface area contributed by atoms with Crippen LogP contribution in [0, 0.1) is 0 Å². The number of aryl methyl sites for hydroxylation is 1. The number of nitrogens with one attached hydrogen (secondary N) is 1. The second-order valence-corrected chi connectivity index (χ2v) is 8.36. The van der Waals surface area contributed by atoms with Gasteiger partial charge < -0.3 is 20.5 Å². The molecule has 0 atom stereocenters. The van der Waals surface area contributed by atoms with Crippen molar-refractivity contribution in [3.63, 3.8) is 0 Å². The molecule has 1 fully saturated rings. The molecule has 0 bridgehead atoms. The van der Waals surface area contributed by atoms with E-state index in [9.17, 15) is 0 Å². The number of fused-ring (bicyclic) bond motifs is 2. The Morgan fingerprint density at radius 2 is 1.94 bits per heavy atom. The van der Waals surface area contributed by atoms with Crippen LogP contribution in [-0.4, -0.2) is 55.6 Å². The highest BCUT2D eigenvalue weighted by atomic mass is 15.1. The van der Waals surface area contributed by atoms with Crippen LogP contribution in [0.3, 0.4) is 0 Å². The minimum Gasteiger partial charge on any atom is -0.382 e. The van der Waals surface area contributed by atoms with Crippen LogP contribution >= 0.6 is 0 Å². The van der Waals surface area contributed by atoms with Crippen molar-refractivity contribution in [3.05, 3.63) is 48.0 Å². The molecule has 4 heterocycles. The quantitative estimate of drug-likeness (QED) is 0.516. The summed E-state index contributed by atoms with van der Waals surface area (Å²) in [5.41, 5.74) is 10.8. The van der Waals surface area contributed by atoms with E-state index in [1.54, 1.807) is 6.33 Å². The number of likely N-dealkylation sites (tertiary alicyclic amines) is 1. The lowest BCUT2D eigenvalue weighted by Gasteiger charge is -2.30. The Morgan fingerprint density at radius 1 is 1.10 bits per heavy atom. The number of nitrogen functional groups attached to an aromatic ring is 1. The Morgan fingerprint density at radius 3 is 2.74 bits per heavy atom. The van der Waals surface area contributed by atoms with Gasteiger partial charge in [-0.25, -0.2) is 19.9 Å². The molecule has 0 saturated carbocycles. The van der Waals surface area contributed by atoms with E-state index in [0.29, 0.717) is 23.9 Å². The Hall–Kier alpha value is -3.26. The minimum atomic E-state index is 0.401. The lowest BCUT2D eigenvalue weighted by molar-refractivity contribution is 0.263. The van der Waals surface area contributed by atoms with E-state index in [1.807, 2.05) is 4.57 Å². The fourth-order valence-corrected chi connectivity index (χ4v) is 4.38. The average molecular weight is 417 g/mol. The summed E-state index contributed by atoms with van der Waals surface area (Å²) in [6.45, 7) is 4.99. The van der Waals surface area contributed by atoms with Gasteiger partial charge in [-0.05, 0) is 51.0 Å². The number of imidazole rings is 1. The molecule has 0 radical (unpaired) electrons. The predicted octanol–water partition coefficient (Wildman–Crippen LogP) is 3.07. The molecule has 3 aromatic heterocycles. The van der Waals surface area contributed by atoms with Crippen LogP contribution in [0.1, 0.15) is 30.9 Å². The van der Waals surface area contributed by atoms with Gasteiger partial charge in [0.2, 0.25) is 0 Å². The molecule has 1 aliphatic rings. The molecule has 8 nitrogen and oxygen atoms in total. The Labute approximate surface area is 181 Å². The van der Waals surface area contributed by atoms with Crippen LogP contribution in [0.25, 0.3) is 22.1 Å².